The lowest BCUT2D eigenvalue weighted by Crippen LogP contribution is -2.04. The molecule has 0 saturated carbocycles. The van der Waals surface area contributed by atoms with Crippen molar-refractivity contribution in [3.05, 3.63) is 29.6 Å². The van der Waals surface area contributed by atoms with Gasteiger partial charge in [0.25, 0.3) is 0 Å². The first kappa shape index (κ1) is 11.5. The van der Waals surface area contributed by atoms with Crippen LogP contribution >= 0.6 is 0 Å². The molecule has 16 heavy (non-hydrogen) atoms. The molecule has 1 aromatic rings. The maximum absolute atomic E-state index is 13.6. The van der Waals surface area contributed by atoms with E-state index in [0.29, 0.717) is 13.2 Å². The van der Waals surface area contributed by atoms with Crippen LogP contribution in [0.25, 0.3) is 0 Å². The zero-order valence-electron chi connectivity index (χ0n) is 8.64. The minimum Gasteiger partial charge on any atom is -0.346 e. The van der Waals surface area contributed by atoms with Gasteiger partial charge in [0.05, 0.1) is 18.1 Å². The molecule has 0 N–H and O–H groups in total. The average Bonchev–Trinajstić information content (AvgIpc) is 2.69. The molecule has 0 bridgehead atoms. The SMILES string of the molecule is CS(=O)(=O)c1ccc(C2OCCO2)c(F)c1. The zero-order chi connectivity index (χ0) is 11.8. The van der Waals surface area contributed by atoms with Crippen molar-refractivity contribution < 1.29 is 22.3 Å². The van der Waals surface area contributed by atoms with E-state index in [-0.39, 0.29) is 10.5 Å². The normalized spacial score (nSPS) is 17.9. The van der Waals surface area contributed by atoms with Crippen LogP contribution in [0.5, 0.6) is 0 Å². The Kier molecular flexibility index (Phi) is 2.96. The highest BCUT2D eigenvalue weighted by molar-refractivity contribution is 7.90. The maximum Gasteiger partial charge on any atom is 0.186 e. The number of sulfone groups is 1. The molecule has 0 unspecified atom stereocenters. The lowest BCUT2D eigenvalue weighted by Gasteiger charge is -2.10. The Bertz CT molecular complexity index is 492. The summed E-state index contributed by atoms with van der Waals surface area (Å²) in [4.78, 5) is -0.0493. The van der Waals surface area contributed by atoms with E-state index in [1.54, 1.807) is 0 Å². The predicted octanol–water partition coefficient (Wildman–Crippen LogP) is 1.27. The summed E-state index contributed by atoms with van der Waals surface area (Å²) >= 11 is 0. The van der Waals surface area contributed by atoms with Gasteiger partial charge in [-0.05, 0) is 18.2 Å². The zero-order valence-corrected chi connectivity index (χ0v) is 9.46. The van der Waals surface area contributed by atoms with Crippen LogP contribution in [0.15, 0.2) is 23.1 Å². The average molecular weight is 246 g/mol. The topological polar surface area (TPSA) is 52.6 Å². The largest absolute Gasteiger partial charge is 0.346 e. The first-order valence-electron chi connectivity index (χ1n) is 4.71. The minimum absolute atomic E-state index is 0.0493. The van der Waals surface area contributed by atoms with Gasteiger partial charge in [-0.1, -0.05) is 0 Å². The Morgan fingerprint density at radius 2 is 1.94 bits per heavy atom. The third kappa shape index (κ3) is 2.23. The Morgan fingerprint density at radius 3 is 2.44 bits per heavy atom. The summed E-state index contributed by atoms with van der Waals surface area (Å²) in [5.74, 6) is -0.630. The third-order valence-corrected chi connectivity index (χ3v) is 3.39. The van der Waals surface area contributed by atoms with Crippen molar-refractivity contribution in [1.82, 2.24) is 0 Å². The standard InChI is InChI=1S/C10H11FO4S/c1-16(12,13)7-2-3-8(9(11)6-7)10-14-4-5-15-10/h2-3,6,10H,4-5H2,1H3. The summed E-state index contributed by atoms with van der Waals surface area (Å²) in [7, 11) is -3.39. The van der Waals surface area contributed by atoms with E-state index in [4.69, 9.17) is 9.47 Å². The molecule has 4 nitrogen and oxygen atoms in total. The van der Waals surface area contributed by atoms with Crippen molar-refractivity contribution in [1.29, 1.82) is 0 Å². The van der Waals surface area contributed by atoms with E-state index in [9.17, 15) is 12.8 Å². The molecule has 0 aromatic heterocycles. The summed E-state index contributed by atoms with van der Waals surface area (Å²) in [6.45, 7) is 0.829. The molecule has 88 valence electrons. The molecule has 6 heteroatoms. The monoisotopic (exact) mass is 246 g/mol. The predicted molar refractivity (Wildman–Crippen MR) is 54.2 cm³/mol. The quantitative estimate of drug-likeness (QED) is 0.788. The van der Waals surface area contributed by atoms with Gasteiger partial charge in [0, 0.05) is 11.8 Å². The summed E-state index contributed by atoms with van der Waals surface area (Å²) in [5, 5.41) is 0. The highest BCUT2D eigenvalue weighted by atomic mass is 32.2. The van der Waals surface area contributed by atoms with E-state index in [1.807, 2.05) is 0 Å². The molecule has 0 spiro atoms. The molecule has 1 fully saturated rings. The van der Waals surface area contributed by atoms with Crippen molar-refractivity contribution in [2.45, 2.75) is 11.2 Å². The van der Waals surface area contributed by atoms with Gasteiger partial charge in [0.15, 0.2) is 16.1 Å². The molecule has 1 aliphatic rings. The Labute approximate surface area is 92.9 Å². The third-order valence-electron chi connectivity index (χ3n) is 2.28. The van der Waals surface area contributed by atoms with Gasteiger partial charge in [0.1, 0.15) is 5.82 Å². The van der Waals surface area contributed by atoms with Gasteiger partial charge in [-0.25, -0.2) is 12.8 Å². The highest BCUT2D eigenvalue weighted by Gasteiger charge is 2.22. The van der Waals surface area contributed by atoms with Crippen LogP contribution in [0.2, 0.25) is 0 Å². The van der Waals surface area contributed by atoms with E-state index in [0.717, 1.165) is 12.3 Å². The molecule has 0 aliphatic carbocycles. The van der Waals surface area contributed by atoms with Gasteiger partial charge in [-0.3, -0.25) is 0 Å². The molecular weight excluding hydrogens is 235 g/mol. The van der Waals surface area contributed by atoms with Crippen LogP contribution in [0.4, 0.5) is 4.39 Å². The van der Waals surface area contributed by atoms with Crippen LogP contribution in [0, 0.1) is 5.82 Å². The van der Waals surface area contributed by atoms with Gasteiger partial charge in [-0.2, -0.15) is 0 Å². The van der Waals surface area contributed by atoms with Crippen molar-refractivity contribution in [2.75, 3.05) is 19.5 Å². The Morgan fingerprint density at radius 1 is 1.31 bits per heavy atom. The van der Waals surface area contributed by atoms with E-state index in [2.05, 4.69) is 0 Å². The number of ether oxygens (including phenoxy) is 2. The van der Waals surface area contributed by atoms with Crippen molar-refractivity contribution in [2.24, 2.45) is 0 Å². The number of hydrogen-bond acceptors (Lipinski definition) is 4. The number of benzene rings is 1. The summed E-state index contributed by atoms with van der Waals surface area (Å²) in [6.07, 6.45) is 0.304. The van der Waals surface area contributed by atoms with Crippen LogP contribution in [-0.4, -0.2) is 27.9 Å². The molecule has 0 atom stereocenters. The van der Waals surface area contributed by atoms with E-state index >= 15 is 0 Å². The molecule has 1 aromatic carbocycles. The second kappa shape index (κ2) is 4.12. The summed E-state index contributed by atoms with van der Waals surface area (Å²) < 4.78 is 46.3. The molecule has 0 radical (unpaired) electrons. The maximum atomic E-state index is 13.6. The van der Waals surface area contributed by atoms with Gasteiger partial charge < -0.3 is 9.47 Å². The lowest BCUT2D eigenvalue weighted by molar-refractivity contribution is -0.0465. The molecule has 0 amide bonds. The lowest BCUT2D eigenvalue weighted by atomic mass is 10.2. The van der Waals surface area contributed by atoms with Crippen LogP contribution in [0.3, 0.4) is 0 Å². The summed E-state index contributed by atoms with van der Waals surface area (Å²) in [5.41, 5.74) is 0.227. The van der Waals surface area contributed by atoms with Crippen LogP contribution < -0.4 is 0 Å². The molecule has 2 rings (SSSR count). The minimum atomic E-state index is -3.39. The first-order valence-corrected chi connectivity index (χ1v) is 6.60. The number of hydrogen-bond donors (Lipinski definition) is 0. The van der Waals surface area contributed by atoms with Crippen molar-refractivity contribution >= 4 is 9.84 Å². The van der Waals surface area contributed by atoms with Crippen molar-refractivity contribution in [3.63, 3.8) is 0 Å². The smallest absolute Gasteiger partial charge is 0.186 e. The second-order valence-corrected chi connectivity index (χ2v) is 5.54. The van der Waals surface area contributed by atoms with Crippen LogP contribution in [0.1, 0.15) is 11.9 Å². The van der Waals surface area contributed by atoms with E-state index in [1.165, 1.54) is 12.1 Å². The molecule has 1 saturated heterocycles. The van der Waals surface area contributed by atoms with Crippen molar-refractivity contribution in [3.8, 4) is 0 Å². The fourth-order valence-electron chi connectivity index (χ4n) is 1.47. The second-order valence-electron chi connectivity index (χ2n) is 3.53. The number of halogens is 1. The molecule has 1 heterocycles. The van der Waals surface area contributed by atoms with Crippen LogP contribution in [-0.2, 0) is 19.3 Å². The van der Waals surface area contributed by atoms with Gasteiger partial charge in [0.2, 0.25) is 0 Å². The Balaban J connectivity index is 2.37. The molecular formula is C10H11FO4S. The fourth-order valence-corrected chi connectivity index (χ4v) is 2.10. The van der Waals surface area contributed by atoms with E-state index < -0.39 is 21.9 Å². The highest BCUT2D eigenvalue weighted by Crippen LogP contribution is 2.27. The Hall–Kier alpha value is -0.980. The first-order chi connectivity index (χ1) is 7.48. The molecule has 1 aliphatic heterocycles. The number of rotatable bonds is 2. The fraction of sp³-hybridized carbons (Fsp3) is 0.400. The van der Waals surface area contributed by atoms with Gasteiger partial charge in [-0.15, -0.1) is 0 Å². The van der Waals surface area contributed by atoms with Gasteiger partial charge >= 0.3 is 0 Å². The summed E-state index contributed by atoms with van der Waals surface area (Å²) in [6, 6.07) is 3.70.